The van der Waals surface area contributed by atoms with E-state index < -0.39 is 0 Å². The minimum Gasteiger partial charge on any atom is -0.393 e. The molecule has 0 aliphatic heterocycles. The zero-order valence-corrected chi connectivity index (χ0v) is 8.03. The quantitative estimate of drug-likeness (QED) is 0.663. The Bertz CT molecular complexity index is 134. The first-order chi connectivity index (χ1) is 5.63. The third-order valence-electron chi connectivity index (χ3n) is 3.22. The van der Waals surface area contributed by atoms with Gasteiger partial charge in [-0.25, -0.2) is 0 Å². The highest BCUT2D eigenvalue weighted by molar-refractivity contribution is 4.80. The van der Waals surface area contributed by atoms with Crippen LogP contribution in [0.3, 0.4) is 0 Å². The first-order valence-electron chi connectivity index (χ1n) is 4.99. The van der Waals surface area contributed by atoms with Crippen molar-refractivity contribution in [1.82, 2.24) is 0 Å². The number of aliphatic hydroxyl groups excluding tert-OH is 2. The van der Waals surface area contributed by atoms with Crippen molar-refractivity contribution in [3.05, 3.63) is 0 Å². The van der Waals surface area contributed by atoms with Crippen molar-refractivity contribution in [1.29, 1.82) is 0 Å². The van der Waals surface area contributed by atoms with Gasteiger partial charge in [0.25, 0.3) is 0 Å². The molecule has 0 amide bonds. The van der Waals surface area contributed by atoms with Gasteiger partial charge in [-0.15, -0.1) is 0 Å². The molecular weight excluding hydrogens is 152 g/mol. The molecular formula is C10H20O2. The van der Waals surface area contributed by atoms with Crippen LogP contribution in [0.2, 0.25) is 0 Å². The monoisotopic (exact) mass is 172 g/mol. The molecule has 4 unspecified atom stereocenters. The van der Waals surface area contributed by atoms with E-state index >= 15 is 0 Å². The molecule has 0 bridgehead atoms. The van der Waals surface area contributed by atoms with Gasteiger partial charge < -0.3 is 10.2 Å². The zero-order chi connectivity index (χ0) is 9.14. The molecule has 0 saturated heterocycles. The lowest BCUT2D eigenvalue weighted by Crippen LogP contribution is -2.34. The maximum Gasteiger partial charge on any atom is 0.0571 e. The summed E-state index contributed by atoms with van der Waals surface area (Å²) in [5.74, 6) is 0.555. The average Bonchev–Trinajstić information content (AvgIpc) is 2.04. The standard InChI is InChI=1S/C10H20O2/c1-7(8(2)11)9-5-3-4-6-10(9)12/h7-12H,3-6H2,1-2H3. The summed E-state index contributed by atoms with van der Waals surface area (Å²) in [5, 5.41) is 19.1. The minimum absolute atomic E-state index is 0.177. The van der Waals surface area contributed by atoms with Crippen molar-refractivity contribution in [3.8, 4) is 0 Å². The topological polar surface area (TPSA) is 40.5 Å². The second-order valence-electron chi connectivity index (χ2n) is 4.12. The van der Waals surface area contributed by atoms with Crippen LogP contribution in [0.25, 0.3) is 0 Å². The molecule has 2 heteroatoms. The van der Waals surface area contributed by atoms with E-state index in [2.05, 4.69) is 0 Å². The second-order valence-corrected chi connectivity index (χ2v) is 4.12. The van der Waals surface area contributed by atoms with Gasteiger partial charge in [-0.2, -0.15) is 0 Å². The summed E-state index contributed by atoms with van der Waals surface area (Å²) < 4.78 is 0. The minimum atomic E-state index is -0.289. The Kier molecular flexibility index (Phi) is 3.53. The second kappa shape index (κ2) is 4.24. The molecule has 0 spiro atoms. The van der Waals surface area contributed by atoms with Gasteiger partial charge in [0.15, 0.2) is 0 Å². The normalized spacial score (nSPS) is 36.0. The highest BCUT2D eigenvalue weighted by Crippen LogP contribution is 2.31. The van der Waals surface area contributed by atoms with Crippen LogP contribution >= 0.6 is 0 Å². The lowest BCUT2D eigenvalue weighted by Gasteiger charge is -2.33. The maximum atomic E-state index is 9.68. The van der Waals surface area contributed by atoms with Crippen LogP contribution in [-0.2, 0) is 0 Å². The molecule has 72 valence electrons. The molecule has 2 nitrogen and oxygen atoms in total. The summed E-state index contributed by atoms with van der Waals surface area (Å²) in [5.41, 5.74) is 0. The predicted octanol–water partition coefficient (Wildman–Crippen LogP) is 1.55. The van der Waals surface area contributed by atoms with E-state index in [1.807, 2.05) is 13.8 Å². The zero-order valence-electron chi connectivity index (χ0n) is 8.03. The van der Waals surface area contributed by atoms with E-state index in [0.717, 1.165) is 19.3 Å². The Morgan fingerprint density at radius 3 is 2.25 bits per heavy atom. The summed E-state index contributed by atoms with van der Waals surface area (Å²) in [7, 11) is 0. The van der Waals surface area contributed by atoms with Gasteiger partial charge in [0.2, 0.25) is 0 Å². The van der Waals surface area contributed by atoms with Crippen LogP contribution in [0.4, 0.5) is 0 Å². The summed E-state index contributed by atoms with van der Waals surface area (Å²) in [6.45, 7) is 3.84. The van der Waals surface area contributed by atoms with Crippen LogP contribution in [0.15, 0.2) is 0 Å². The average molecular weight is 172 g/mol. The maximum absolute atomic E-state index is 9.68. The molecule has 0 aromatic rings. The Labute approximate surface area is 74.6 Å². The van der Waals surface area contributed by atoms with Crippen molar-refractivity contribution in [2.24, 2.45) is 11.8 Å². The van der Waals surface area contributed by atoms with Crippen LogP contribution < -0.4 is 0 Å². The SMILES string of the molecule is CC(O)C(C)C1CCCCC1O. The van der Waals surface area contributed by atoms with E-state index in [-0.39, 0.29) is 18.1 Å². The van der Waals surface area contributed by atoms with E-state index in [1.165, 1.54) is 6.42 Å². The Hall–Kier alpha value is -0.0800. The van der Waals surface area contributed by atoms with Crippen LogP contribution in [0.1, 0.15) is 39.5 Å². The summed E-state index contributed by atoms with van der Waals surface area (Å²) in [6, 6.07) is 0. The Morgan fingerprint density at radius 2 is 1.75 bits per heavy atom. The van der Waals surface area contributed by atoms with Crippen molar-refractivity contribution in [2.45, 2.75) is 51.7 Å². The summed E-state index contributed by atoms with van der Waals surface area (Å²) in [6.07, 6.45) is 3.88. The van der Waals surface area contributed by atoms with Gasteiger partial charge in [-0.05, 0) is 31.6 Å². The van der Waals surface area contributed by atoms with Crippen LogP contribution in [0.5, 0.6) is 0 Å². The van der Waals surface area contributed by atoms with Crippen LogP contribution in [-0.4, -0.2) is 22.4 Å². The molecule has 2 N–H and O–H groups in total. The number of aliphatic hydroxyl groups is 2. The van der Waals surface area contributed by atoms with Gasteiger partial charge in [-0.1, -0.05) is 19.8 Å². The fourth-order valence-corrected chi connectivity index (χ4v) is 2.11. The highest BCUT2D eigenvalue weighted by atomic mass is 16.3. The largest absolute Gasteiger partial charge is 0.393 e. The number of hydrogen-bond acceptors (Lipinski definition) is 2. The molecule has 0 aromatic heterocycles. The van der Waals surface area contributed by atoms with Crippen molar-refractivity contribution >= 4 is 0 Å². The van der Waals surface area contributed by atoms with Crippen molar-refractivity contribution < 1.29 is 10.2 Å². The lowest BCUT2D eigenvalue weighted by molar-refractivity contribution is -0.00150. The fraction of sp³-hybridized carbons (Fsp3) is 1.00. The Morgan fingerprint density at radius 1 is 1.17 bits per heavy atom. The fourth-order valence-electron chi connectivity index (χ4n) is 2.11. The summed E-state index contributed by atoms with van der Waals surface area (Å²) >= 11 is 0. The molecule has 0 heterocycles. The number of hydrogen-bond donors (Lipinski definition) is 2. The van der Waals surface area contributed by atoms with Gasteiger partial charge in [0, 0.05) is 0 Å². The third kappa shape index (κ3) is 2.20. The molecule has 0 radical (unpaired) electrons. The van der Waals surface area contributed by atoms with E-state index in [4.69, 9.17) is 0 Å². The van der Waals surface area contributed by atoms with Crippen molar-refractivity contribution in [3.63, 3.8) is 0 Å². The molecule has 1 fully saturated rings. The lowest BCUT2D eigenvalue weighted by atomic mass is 9.77. The van der Waals surface area contributed by atoms with Gasteiger partial charge in [0.1, 0.15) is 0 Å². The molecule has 0 aromatic carbocycles. The van der Waals surface area contributed by atoms with Gasteiger partial charge in [-0.3, -0.25) is 0 Å². The molecule has 1 saturated carbocycles. The molecule has 1 rings (SSSR count). The van der Waals surface area contributed by atoms with Crippen molar-refractivity contribution in [2.75, 3.05) is 0 Å². The predicted molar refractivity (Wildman–Crippen MR) is 48.8 cm³/mol. The first-order valence-corrected chi connectivity index (χ1v) is 4.99. The first kappa shape index (κ1) is 10.0. The Balaban J connectivity index is 2.47. The van der Waals surface area contributed by atoms with E-state index in [1.54, 1.807) is 0 Å². The van der Waals surface area contributed by atoms with E-state index in [9.17, 15) is 10.2 Å². The summed E-state index contributed by atoms with van der Waals surface area (Å²) in [4.78, 5) is 0. The molecule has 12 heavy (non-hydrogen) atoms. The third-order valence-corrected chi connectivity index (χ3v) is 3.22. The van der Waals surface area contributed by atoms with Crippen LogP contribution in [0, 0.1) is 11.8 Å². The molecule has 4 atom stereocenters. The highest BCUT2D eigenvalue weighted by Gasteiger charge is 2.29. The van der Waals surface area contributed by atoms with E-state index in [0.29, 0.717) is 5.92 Å². The van der Waals surface area contributed by atoms with Gasteiger partial charge in [0.05, 0.1) is 12.2 Å². The molecule has 1 aliphatic rings. The smallest absolute Gasteiger partial charge is 0.0571 e. The van der Waals surface area contributed by atoms with Gasteiger partial charge >= 0.3 is 0 Å². The number of rotatable bonds is 2. The molecule has 1 aliphatic carbocycles.